The van der Waals surface area contributed by atoms with Gasteiger partial charge < -0.3 is 14.0 Å². The van der Waals surface area contributed by atoms with E-state index in [9.17, 15) is 9.59 Å². The van der Waals surface area contributed by atoms with Crippen LogP contribution in [0.15, 0.2) is 18.2 Å². The van der Waals surface area contributed by atoms with Gasteiger partial charge in [-0.05, 0) is 44.9 Å². The quantitative estimate of drug-likeness (QED) is 0.815. The average molecular weight is 301 g/mol. The molecule has 0 unspecified atom stereocenters. The fraction of sp³-hybridized carbons (Fsp3) is 0.412. The predicted molar refractivity (Wildman–Crippen MR) is 82.2 cm³/mol. The summed E-state index contributed by atoms with van der Waals surface area (Å²) in [5.74, 6) is -0.685. The van der Waals surface area contributed by atoms with Crippen molar-refractivity contribution >= 4 is 22.8 Å². The van der Waals surface area contributed by atoms with Crippen LogP contribution in [0.25, 0.3) is 10.9 Å². The van der Waals surface area contributed by atoms with Crippen molar-refractivity contribution in [1.82, 2.24) is 4.57 Å². The van der Waals surface area contributed by atoms with Crippen molar-refractivity contribution in [2.75, 3.05) is 13.2 Å². The Morgan fingerprint density at radius 3 is 2.59 bits per heavy atom. The number of carbonyl (C=O) groups is 2. The van der Waals surface area contributed by atoms with E-state index >= 15 is 0 Å². The van der Waals surface area contributed by atoms with Gasteiger partial charge in [-0.15, -0.1) is 0 Å². The van der Waals surface area contributed by atoms with Gasteiger partial charge in [0.1, 0.15) is 0 Å². The highest BCUT2D eigenvalue weighted by atomic mass is 16.5. The fourth-order valence-electron chi connectivity index (χ4n) is 3.10. The van der Waals surface area contributed by atoms with E-state index in [1.54, 1.807) is 26.0 Å². The molecule has 22 heavy (non-hydrogen) atoms. The normalized spacial score (nSPS) is 13.2. The molecular formula is C17H19NO4. The molecule has 1 aromatic heterocycles. The van der Waals surface area contributed by atoms with E-state index in [0.717, 1.165) is 36.0 Å². The highest BCUT2D eigenvalue weighted by Crippen LogP contribution is 2.32. The van der Waals surface area contributed by atoms with Crippen molar-refractivity contribution in [1.29, 1.82) is 0 Å². The molecule has 3 rings (SSSR count). The van der Waals surface area contributed by atoms with Crippen LogP contribution < -0.4 is 0 Å². The molecule has 0 fully saturated rings. The maximum atomic E-state index is 12.3. The largest absolute Gasteiger partial charge is 0.462 e. The first kappa shape index (κ1) is 14.6. The van der Waals surface area contributed by atoms with Gasteiger partial charge in [-0.3, -0.25) is 0 Å². The molecule has 2 aromatic rings. The third kappa shape index (κ3) is 2.26. The van der Waals surface area contributed by atoms with E-state index in [2.05, 4.69) is 4.57 Å². The zero-order valence-corrected chi connectivity index (χ0v) is 12.8. The number of aromatic nitrogens is 1. The van der Waals surface area contributed by atoms with Gasteiger partial charge in [0.15, 0.2) is 0 Å². The van der Waals surface area contributed by atoms with Gasteiger partial charge in [0, 0.05) is 23.1 Å². The number of hydrogen-bond acceptors (Lipinski definition) is 4. The Morgan fingerprint density at radius 2 is 1.86 bits per heavy atom. The Bertz CT molecular complexity index is 745. The van der Waals surface area contributed by atoms with E-state index < -0.39 is 0 Å². The smallest absolute Gasteiger partial charge is 0.340 e. The lowest BCUT2D eigenvalue weighted by molar-refractivity contribution is 0.0515. The number of rotatable bonds is 4. The Hall–Kier alpha value is -2.30. The maximum absolute atomic E-state index is 12.3. The SMILES string of the molecule is CCOC(=O)c1ccc2c(c1)c(C(=O)OCC)c1n2CCC1. The topological polar surface area (TPSA) is 57.5 Å². The Morgan fingerprint density at radius 1 is 1.14 bits per heavy atom. The molecular weight excluding hydrogens is 282 g/mol. The van der Waals surface area contributed by atoms with Gasteiger partial charge >= 0.3 is 11.9 Å². The first-order valence-electron chi connectivity index (χ1n) is 7.66. The summed E-state index contributed by atoms with van der Waals surface area (Å²) >= 11 is 0. The molecule has 0 radical (unpaired) electrons. The van der Waals surface area contributed by atoms with Crippen molar-refractivity contribution < 1.29 is 19.1 Å². The summed E-state index contributed by atoms with van der Waals surface area (Å²) in [6, 6.07) is 5.38. The summed E-state index contributed by atoms with van der Waals surface area (Å²) in [6.07, 6.45) is 1.88. The molecule has 1 aliphatic heterocycles. The number of carbonyl (C=O) groups excluding carboxylic acids is 2. The van der Waals surface area contributed by atoms with Crippen molar-refractivity contribution in [2.45, 2.75) is 33.2 Å². The van der Waals surface area contributed by atoms with Crippen LogP contribution in [0.1, 0.15) is 46.7 Å². The summed E-state index contributed by atoms with van der Waals surface area (Å²) in [6.45, 7) is 5.12. The summed E-state index contributed by atoms with van der Waals surface area (Å²) in [5.41, 5.74) is 3.04. The van der Waals surface area contributed by atoms with E-state index in [1.807, 2.05) is 6.07 Å². The Balaban J connectivity index is 2.16. The number of hydrogen-bond donors (Lipinski definition) is 0. The zero-order chi connectivity index (χ0) is 15.7. The number of esters is 2. The zero-order valence-electron chi connectivity index (χ0n) is 12.8. The first-order valence-corrected chi connectivity index (χ1v) is 7.66. The molecule has 0 saturated carbocycles. The van der Waals surface area contributed by atoms with Gasteiger partial charge in [0.25, 0.3) is 0 Å². The molecule has 0 N–H and O–H groups in total. The first-order chi connectivity index (χ1) is 10.7. The highest BCUT2D eigenvalue weighted by molar-refractivity contribution is 6.08. The second-order valence-electron chi connectivity index (χ2n) is 5.25. The minimum Gasteiger partial charge on any atom is -0.462 e. The maximum Gasteiger partial charge on any atom is 0.340 e. The average Bonchev–Trinajstić information content (AvgIpc) is 3.07. The fourth-order valence-corrected chi connectivity index (χ4v) is 3.10. The third-order valence-corrected chi connectivity index (χ3v) is 3.96. The second-order valence-corrected chi connectivity index (χ2v) is 5.25. The van der Waals surface area contributed by atoms with Crippen LogP contribution in [0.3, 0.4) is 0 Å². The van der Waals surface area contributed by atoms with E-state index in [1.165, 1.54) is 0 Å². The van der Waals surface area contributed by atoms with Crippen LogP contribution in [0.2, 0.25) is 0 Å². The molecule has 0 bridgehead atoms. The molecule has 1 aromatic carbocycles. The Labute approximate surface area is 128 Å². The molecule has 0 amide bonds. The van der Waals surface area contributed by atoms with Crippen LogP contribution in [-0.4, -0.2) is 29.7 Å². The molecule has 0 spiro atoms. The number of aryl methyl sites for hydroxylation is 1. The van der Waals surface area contributed by atoms with E-state index in [-0.39, 0.29) is 11.9 Å². The van der Waals surface area contributed by atoms with Gasteiger partial charge in [0.2, 0.25) is 0 Å². The third-order valence-electron chi connectivity index (χ3n) is 3.96. The van der Waals surface area contributed by atoms with Gasteiger partial charge in [-0.2, -0.15) is 0 Å². The molecule has 0 atom stereocenters. The number of fused-ring (bicyclic) bond motifs is 3. The molecule has 0 saturated heterocycles. The van der Waals surface area contributed by atoms with Gasteiger partial charge in [0.05, 0.1) is 24.3 Å². The van der Waals surface area contributed by atoms with Crippen LogP contribution in [0.4, 0.5) is 0 Å². The monoisotopic (exact) mass is 301 g/mol. The van der Waals surface area contributed by atoms with E-state index in [4.69, 9.17) is 9.47 Å². The molecule has 2 heterocycles. The standard InChI is InChI=1S/C17H19NO4/c1-3-21-16(19)11-7-8-13-12(10-11)15(17(20)22-4-2)14-6-5-9-18(13)14/h7-8,10H,3-6,9H2,1-2H3. The molecule has 5 nitrogen and oxygen atoms in total. The van der Waals surface area contributed by atoms with Crippen molar-refractivity contribution in [3.63, 3.8) is 0 Å². The number of benzene rings is 1. The van der Waals surface area contributed by atoms with Gasteiger partial charge in [-0.1, -0.05) is 0 Å². The minimum atomic E-state index is -0.370. The predicted octanol–water partition coefficient (Wildman–Crippen LogP) is 2.94. The van der Waals surface area contributed by atoms with Crippen molar-refractivity contribution in [2.24, 2.45) is 0 Å². The lowest BCUT2D eigenvalue weighted by Crippen LogP contribution is -2.07. The lowest BCUT2D eigenvalue weighted by atomic mass is 10.1. The van der Waals surface area contributed by atoms with Crippen LogP contribution >= 0.6 is 0 Å². The van der Waals surface area contributed by atoms with E-state index in [0.29, 0.717) is 24.3 Å². The highest BCUT2D eigenvalue weighted by Gasteiger charge is 2.27. The Kier molecular flexibility index (Phi) is 3.88. The minimum absolute atomic E-state index is 0.316. The van der Waals surface area contributed by atoms with Crippen LogP contribution in [-0.2, 0) is 22.4 Å². The molecule has 0 aliphatic carbocycles. The van der Waals surface area contributed by atoms with Crippen molar-refractivity contribution in [3.05, 3.63) is 35.0 Å². The molecule has 5 heteroatoms. The summed E-state index contributed by atoms with van der Waals surface area (Å²) in [5, 5.41) is 0.777. The second kappa shape index (κ2) is 5.83. The van der Waals surface area contributed by atoms with Crippen LogP contribution in [0.5, 0.6) is 0 Å². The number of ether oxygens (including phenoxy) is 2. The molecule has 1 aliphatic rings. The summed E-state index contributed by atoms with van der Waals surface area (Å²) in [4.78, 5) is 24.3. The van der Waals surface area contributed by atoms with Crippen molar-refractivity contribution in [3.8, 4) is 0 Å². The number of nitrogens with zero attached hydrogens (tertiary/aromatic N) is 1. The van der Waals surface area contributed by atoms with Crippen LogP contribution in [0, 0.1) is 0 Å². The molecule has 116 valence electrons. The summed E-state index contributed by atoms with van der Waals surface area (Å²) < 4.78 is 12.4. The van der Waals surface area contributed by atoms with Gasteiger partial charge in [-0.25, -0.2) is 9.59 Å². The lowest BCUT2D eigenvalue weighted by Gasteiger charge is -2.05. The summed E-state index contributed by atoms with van der Waals surface area (Å²) in [7, 11) is 0.